The van der Waals surface area contributed by atoms with E-state index in [4.69, 9.17) is 16.2 Å². The minimum atomic E-state index is 0.381. The Balaban J connectivity index is 1.97. The highest BCUT2D eigenvalue weighted by molar-refractivity contribution is 5.63. The van der Waals surface area contributed by atoms with Crippen LogP contribution >= 0.6 is 0 Å². The standard InChI is InChI=1S/C12H19N3O/c1-16-10-4-5-15(8-10)7-9-2-3-11(13)12(14)6-9/h2-3,6,10H,4-5,7-8,13-14H2,1H3. The maximum absolute atomic E-state index is 5.78. The lowest BCUT2D eigenvalue weighted by Gasteiger charge is -2.16. The Kier molecular flexibility index (Phi) is 3.31. The molecule has 1 aromatic carbocycles. The van der Waals surface area contributed by atoms with Crippen molar-refractivity contribution in [3.63, 3.8) is 0 Å². The molecule has 1 aromatic rings. The van der Waals surface area contributed by atoms with Crippen LogP contribution in [0.4, 0.5) is 11.4 Å². The molecular formula is C12H19N3O. The van der Waals surface area contributed by atoms with Gasteiger partial charge in [-0.1, -0.05) is 6.07 Å². The van der Waals surface area contributed by atoms with Gasteiger partial charge in [0.05, 0.1) is 17.5 Å². The molecule has 1 atom stereocenters. The van der Waals surface area contributed by atoms with Crippen LogP contribution in [0.1, 0.15) is 12.0 Å². The van der Waals surface area contributed by atoms with Crippen molar-refractivity contribution < 1.29 is 4.74 Å². The maximum Gasteiger partial charge on any atom is 0.0710 e. The molecule has 4 nitrogen and oxygen atoms in total. The lowest BCUT2D eigenvalue weighted by molar-refractivity contribution is 0.107. The number of methoxy groups -OCH3 is 1. The lowest BCUT2D eigenvalue weighted by Crippen LogP contribution is -2.22. The van der Waals surface area contributed by atoms with Gasteiger partial charge in [-0.25, -0.2) is 0 Å². The van der Waals surface area contributed by atoms with Crippen molar-refractivity contribution >= 4 is 11.4 Å². The molecule has 1 heterocycles. The average molecular weight is 221 g/mol. The van der Waals surface area contributed by atoms with Gasteiger partial charge >= 0.3 is 0 Å². The van der Waals surface area contributed by atoms with Gasteiger partial charge in [0.25, 0.3) is 0 Å². The second kappa shape index (κ2) is 4.72. The highest BCUT2D eigenvalue weighted by atomic mass is 16.5. The monoisotopic (exact) mass is 221 g/mol. The first-order chi connectivity index (χ1) is 7.69. The van der Waals surface area contributed by atoms with Gasteiger partial charge in [-0.15, -0.1) is 0 Å². The summed E-state index contributed by atoms with van der Waals surface area (Å²) in [6.45, 7) is 3.01. The topological polar surface area (TPSA) is 64.5 Å². The van der Waals surface area contributed by atoms with Gasteiger partial charge in [-0.3, -0.25) is 4.90 Å². The van der Waals surface area contributed by atoms with Crippen molar-refractivity contribution in [2.75, 3.05) is 31.7 Å². The van der Waals surface area contributed by atoms with Crippen LogP contribution in [0.2, 0.25) is 0 Å². The number of nitrogens with two attached hydrogens (primary N) is 2. The molecule has 1 unspecified atom stereocenters. The summed E-state index contributed by atoms with van der Waals surface area (Å²) in [6.07, 6.45) is 1.49. The number of benzene rings is 1. The van der Waals surface area contributed by atoms with Gasteiger partial charge in [-0.05, 0) is 24.1 Å². The predicted octanol–water partition coefficient (Wildman–Crippen LogP) is 1.07. The minimum absolute atomic E-state index is 0.381. The molecule has 1 aliphatic heterocycles. The molecular weight excluding hydrogens is 202 g/mol. The summed E-state index contributed by atoms with van der Waals surface area (Å²) in [4.78, 5) is 2.37. The van der Waals surface area contributed by atoms with Crippen LogP contribution in [0.3, 0.4) is 0 Å². The van der Waals surface area contributed by atoms with E-state index in [2.05, 4.69) is 4.90 Å². The molecule has 1 aliphatic rings. The molecule has 0 radical (unpaired) electrons. The van der Waals surface area contributed by atoms with Gasteiger partial charge in [0.2, 0.25) is 0 Å². The van der Waals surface area contributed by atoms with E-state index in [-0.39, 0.29) is 0 Å². The summed E-state index contributed by atoms with van der Waals surface area (Å²) < 4.78 is 5.34. The third kappa shape index (κ3) is 2.46. The second-order valence-corrected chi connectivity index (χ2v) is 4.34. The molecule has 0 spiro atoms. The van der Waals surface area contributed by atoms with Crippen molar-refractivity contribution in [1.82, 2.24) is 4.90 Å². The van der Waals surface area contributed by atoms with Crippen molar-refractivity contribution in [1.29, 1.82) is 0 Å². The molecule has 0 saturated carbocycles. The molecule has 16 heavy (non-hydrogen) atoms. The Bertz CT molecular complexity index is 367. The van der Waals surface area contributed by atoms with Crippen molar-refractivity contribution in [2.24, 2.45) is 0 Å². The number of nitrogen functional groups attached to an aromatic ring is 2. The largest absolute Gasteiger partial charge is 0.397 e. The smallest absolute Gasteiger partial charge is 0.0710 e. The fraction of sp³-hybridized carbons (Fsp3) is 0.500. The summed E-state index contributed by atoms with van der Waals surface area (Å²) in [6, 6.07) is 5.86. The number of nitrogens with zero attached hydrogens (tertiary/aromatic N) is 1. The number of hydrogen-bond donors (Lipinski definition) is 2. The number of likely N-dealkylation sites (tertiary alicyclic amines) is 1. The first kappa shape index (κ1) is 11.2. The number of ether oxygens (including phenoxy) is 1. The van der Waals surface area contributed by atoms with E-state index >= 15 is 0 Å². The first-order valence-electron chi connectivity index (χ1n) is 5.58. The van der Waals surface area contributed by atoms with Gasteiger partial charge in [0, 0.05) is 26.7 Å². The van der Waals surface area contributed by atoms with Crippen LogP contribution in [0, 0.1) is 0 Å². The van der Waals surface area contributed by atoms with Crippen LogP contribution in [0.5, 0.6) is 0 Å². The van der Waals surface area contributed by atoms with Crippen LogP contribution in [0.15, 0.2) is 18.2 Å². The van der Waals surface area contributed by atoms with E-state index < -0.39 is 0 Å². The van der Waals surface area contributed by atoms with E-state index in [9.17, 15) is 0 Å². The van der Waals surface area contributed by atoms with Gasteiger partial charge < -0.3 is 16.2 Å². The Morgan fingerprint density at radius 1 is 1.38 bits per heavy atom. The molecule has 1 saturated heterocycles. The van der Waals surface area contributed by atoms with Gasteiger partial charge in [0.15, 0.2) is 0 Å². The van der Waals surface area contributed by atoms with Crippen molar-refractivity contribution in [2.45, 2.75) is 19.1 Å². The van der Waals surface area contributed by atoms with E-state index in [0.717, 1.165) is 26.1 Å². The zero-order chi connectivity index (χ0) is 11.5. The molecule has 0 bridgehead atoms. The molecule has 88 valence electrons. The van der Waals surface area contributed by atoms with Crippen LogP contribution in [-0.4, -0.2) is 31.2 Å². The molecule has 2 rings (SSSR count). The fourth-order valence-corrected chi connectivity index (χ4v) is 2.11. The molecule has 4 heteroatoms. The van der Waals surface area contributed by atoms with Gasteiger partial charge in [-0.2, -0.15) is 0 Å². The average Bonchev–Trinajstić information content (AvgIpc) is 2.71. The minimum Gasteiger partial charge on any atom is -0.397 e. The lowest BCUT2D eigenvalue weighted by atomic mass is 10.1. The fourth-order valence-electron chi connectivity index (χ4n) is 2.11. The Morgan fingerprint density at radius 2 is 2.19 bits per heavy atom. The zero-order valence-corrected chi connectivity index (χ0v) is 9.65. The Morgan fingerprint density at radius 3 is 2.81 bits per heavy atom. The normalized spacial score (nSPS) is 21.4. The van der Waals surface area contributed by atoms with Crippen LogP contribution < -0.4 is 11.5 Å². The summed E-state index contributed by atoms with van der Waals surface area (Å²) >= 11 is 0. The molecule has 0 amide bonds. The quantitative estimate of drug-likeness (QED) is 0.749. The van der Waals surface area contributed by atoms with Crippen LogP contribution in [-0.2, 0) is 11.3 Å². The van der Waals surface area contributed by atoms with Crippen molar-refractivity contribution in [3.05, 3.63) is 23.8 Å². The third-order valence-electron chi connectivity index (χ3n) is 3.12. The maximum atomic E-state index is 5.78. The zero-order valence-electron chi connectivity index (χ0n) is 9.65. The third-order valence-corrected chi connectivity index (χ3v) is 3.12. The summed E-state index contributed by atoms with van der Waals surface area (Å²) in [5, 5.41) is 0. The van der Waals surface area contributed by atoms with Crippen LogP contribution in [0.25, 0.3) is 0 Å². The van der Waals surface area contributed by atoms with E-state index in [1.165, 1.54) is 5.56 Å². The number of hydrogen-bond acceptors (Lipinski definition) is 4. The highest BCUT2D eigenvalue weighted by Crippen LogP contribution is 2.20. The predicted molar refractivity (Wildman–Crippen MR) is 66.0 cm³/mol. The highest BCUT2D eigenvalue weighted by Gasteiger charge is 2.21. The SMILES string of the molecule is COC1CCN(Cc2ccc(N)c(N)c2)C1. The summed E-state index contributed by atoms with van der Waals surface area (Å²) in [5.41, 5.74) is 14.0. The first-order valence-corrected chi connectivity index (χ1v) is 5.58. The number of rotatable bonds is 3. The molecule has 0 aliphatic carbocycles. The van der Waals surface area contributed by atoms with Crippen molar-refractivity contribution in [3.8, 4) is 0 Å². The Hall–Kier alpha value is -1.26. The van der Waals surface area contributed by atoms with E-state index in [1.807, 2.05) is 18.2 Å². The van der Waals surface area contributed by atoms with E-state index in [0.29, 0.717) is 17.5 Å². The summed E-state index contributed by atoms with van der Waals surface area (Å²) in [5.74, 6) is 0. The van der Waals surface area contributed by atoms with E-state index in [1.54, 1.807) is 7.11 Å². The number of anilines is 2. The second-order valence-electron chi connectivity index (χ2n) is 4.34. The van der Waals surface area contributed by atoms with Gasteiger partial charge in [0.1, 0.15) is 0 Å². The summed E-state index contributed by atoms with van der Waals surface area (Å²) in [7, 11) is 1.77. The Labute approximate surface area is 96.2 Å². The molecule has 1 fully saturated rings. The molecule has 4 N–H and O–H groups in total. The molecule has 0 aromatic heterocycles.